The van der Waals surface area contributed by atoms with Crippen molar-refractivity contribution in [1.82, 2.24) is 4.98 Å². The first-order chi connectivity index (χ1) is 14.0. The van der Waals surface area contributed by atoms with Gasteiger partial charge in [0, 0.05) is 10.9 Å². The summed E-state index contributed by atoms with van der Waals surface area (Å²) in [5.41, 5.74) is 6.23. The predicted molar refractivity (Wildman–Crippen MR) is 120 cm³/mol. The maximum absolute atomic E-state index is 12.2. The zero-order valence-electron chi connectivity index (χ0n) is 16.4. The molecule has 1 heterocycles. The molecule has 4 aromatic rings. The van der Waals surface area contributed by atoms with E-state index in [0.717, 1.165) is 33.3 Å². The molecule has 0 aliphatic heterocycles. The molecule has 0 amide bonds. The average molecular weight is 403 g/mol. The third-order valence-corrected chi connectivity index (χ3v) is 6.19. The molecule has 0 unspecified atom stereocenters. The van der Waals surface area contributed by atoms with E-state index in [9.17, 15) is 8.42 Å². The van der Waals surface area contributed by atoms with E-state index in [4.69, 9.17) is 4.98 Å². The molecule has 0 saturated carbocycles. The van der Waals surface area contributed by atoms with Gasteiger partial charge in [0.05, 0.1) is 22.7 Å². The van der Waals surface area contributed by atoms with Gasteiger partial charge in [0.15, 0.2) is 0 Å². The molecule has 0 bridgehead atoms. The Bertz CT molecular complexity index is 1280. The highest BCUT2D eigenvalue weighted by atomic mass is 32.2. The van der Waals surface area contributed by atoms with Crippen LogP contribution in [0.2, 0.25) is 0 Å². The highest BCUT2D eigenvalue weighted by Crippen LogP contribution is 2.35. The van der Waals surface area contributed by atoms with Crippen molar-refractivity contribution in [3.63, 3.8) is 0 Å². The van der Waals surface area contributed by atoms with Gasteiger partial charge in [0.25, 0.3) is 0 Å². The molecule has 1 aromatic heterocycles. The van der Waals surface area contributed by atoms with Crippen molar-refractivity contribution < 1.29 is 8.42 Å². The topological polar surface area (TPSA) is 59.1 Å². The quantitative estimate of drug-likeness (QED) is 0.470. The second kappa shape index (κ2) is 7.68. The molecule has 0 fully saturated rings. The monoisotopic (exact) mass is 402 g/mol. The van der Waals surface area contributed by atoms with Crippen molar-refractivity contribution >= 4 is 26.6 Å². The number of aromatic nitrogens is 1. The van der Waals surface area contributed by atoms with E-state index >= 15 is 0 Å². The van der Waals surface area contributed by atoms with Gasteiger partial charge in [-0.05, 0) is 49.2 Å². The van der Waals surface area contributed by atoms with Crippen LogP contribution in [-0.4, -0.2) is 19.2 Å². The summed E-state index contributed by atoms with van der Waals surface area (Å²) in [5.74, 6) is 0.0149. The minimum absolute atomic E-state index is 0.0149. The molecule has 4 nitrogen and oxygen atoms in total. The number of nitrogens with zero attached hydrogens (tertiary/aromatic N) is 1. The predicted octanol–water partition coefficient (Wildman–Crippen LogP) is 5.64. The highest BCUT2D eigenvalue weighted by Gasteiger charge is 2.15. The molecule has 1 N–H and O–H groups in total. The summed E-state index contributed by atoms with van der Waals surface area (Å²) in [6.45, 7) is 3.69. The van der Waals surface area contributed by atoms with Gasteiger partial charge in [0.2, 0.25) is 10.0 Å². The summed E-state index contributed by atoms with van der Waals surface area (Å²) in [6.07, 6.45) is 0. The highest BCUT2D eigenvalue weighted by molar-refractivity contribution is 7.92. The van der Waals surface area contributed by atoms with Crippen LogP contribution in [0.4, 0.5) is 5.69 Å². The lowest BCUT2D eigenvalue weighted by molar-refractivity contribution is 0.602. The Kier molecular flexibility index (Phi) is 5.07. The molecular weight excluding hydrogens is 380 g/mol. The zero-order chi connectivity index (χ0) is 20.4. The molecule has 29 heavy (non-hydrogen) atoms. The summed E-state index contributed by atoms with van der Waals surface area (Å²) in [4.78, 5) is 4.85. The smallest absolute Gasteiger partial charge is 0.232 e. The van der Waals surface area contributed by atoms with Crippen molar-refractivity contribution in [1.29, 1.82) is 0 Å². The number of nitrogens with one attached hydrogen (secondary N) is 1. The van der Waals surface area contributed by atoms with E-state index in [1.54, 1.807) is 13.0 Å². The van der Waals surface area contributed by atoms with Gasteiger partial charge < -0.3 is 0 Å². The number of aryl methyl sites for hydroxylation is 1. The van der Waals surface area contributed by atoms with Gasteiger partial charge in [-0.3, -0.25) is 4.72 Å². The average Bonchev–Trinajstić information content (AvgIpc) is 2.74. The van der Waals surface area contributed by atoms with Crippen LogP contribution in [-0.2, 0) is 10.0 Å². The van der Waals surface area contributed by atoms with Crippen molar-refractivity contribution in [2.24, 2.45) is 0 Å². The number of hydrogen-bond donors (Lipinski definition) is 1. The van der Waals surface area contributed by atoms with Crippen LogP contribution in [0.3, 0.4) is 0 Å². The molecule has 3 aromatic carbocycles. The molecule has 0 spiro atoms. The fourth-order valence-electron chi connectivity index (χ4n) is 3.37. The number of para-hydroxylation sites is 1. The Balaban J connectivity index is 1.96. The SMILES string of the molecule is CCS(=O)(=O)Nc1ccccc1-c1cc(-c2ccccc2)c2cc(C)ccc2n1. The Morgan fingerprint density at radius 3 is 2.34 bits per heavy atom. The van der Waals surface area contributed by atoms with E-state index in [2.05, 4.69) is 29.8 Å². The summed E-state index contributed by atoms with van der Waals surface area (Å²) >= 11 is 0. The van der Waals surface area contributed by atoms with Crippen LogP contribution in [0.5, 0.6) is 0 Å². The second-order valence-corrected chi connectivity index (χ2v) is 9.00. The van der Waals surface area contributed by atoms with Crippen LogP contribution in [0, 0.1) is 6.92 Å². The fraction of sp³-hybridized carbons (Fsp3) is 0.125. The first-order valence-corrected chi connectivity index (χ1v) is 11.2. The van der Waals surface area contributed by atoms with Crippen LogP contribution in [0.25, 0.3) is 33.3 Å². The normalized spacial score (nSPS) is 11.5. The molecule has 4 rings (SSSR count). The van der Waals surface area contributed by atoms with Crippen LogP contribution < -0.4 is 4.72 Å². The largest absolute Gasteiger partial charge is 0.283 e. The number of pyridine rings is 1. The lowest BCUT2D eigenvalue weighted by Crippen LogP contribution is -2.15. The molecule has 0 atom stereocenters. The fourth-order valence-corrected chi connectivity index (χ4v) is 4.03. The standard InChI is InChI=1S/C24H22N2O2S/c1-3-29(27,28)26-23-12-8-7-11-19(23)24-16-20(18-9-5-4-6-10-18)21-15-17(2)13-14-22(21)25-24/h4-16,26H,3H2,1-2H3. The molecule has 0 saturated heterocycles. The number of anilines is 1. The number of hydrogen-bond acceptors (Lipinski definition) is 3. The van der Waals surface area contributed by atoms with E-state index in [1.807, 2.05) is 54.6 Å². The maximum Gasteiger partial charge on any atom is 0.232 e. The first kappa shape index (κ1) is 19.2. The summed E-state index contributed by atoms with van der Waals surface area (Å²) in [7, 11) is -3.39. The molecule has 0 aliphatic carbocycles. The van der Waals surface area contributed by atoms with Crippen molar-refractivity contribution in [2.45, 2.75) is 13.8 Å². The van der Waals surface area contributed by atoms with Crippen molar-refractivity contribution in [3.8, 4) is 22.4 Å². The van der Waals surface area contributed by atoms with Crippen molar-refractivity contribution in [3.05, 3.63) is 84.4 Å². The van der Waals surface area contributed by atoms with E-state index in [1.165, 1.54) is 5.56 Å². The van der Waals surface area contributed by atoms with Gasteiger partial charge in [0.1, 0.15) is 0 Å². The van der Waals surface area contributed by atoms with Crippen LogP contribution in [0.15, 0.2) is 78.9 Å². The number of fused-ring (bicyclic) bond motifs is 1. The minimum Gasteiger partial charge on any atom is -0.283 e. The summed E-state index contributed by atoms with van der Waals surface area (Å²) in [6, 6.07) is 25.8. The Labute approximate surface area is 171 Å². The third kappa shape index (κ3) is 4.00. The summed E-state index contributed by atoms with van der Waals surface area (Å²) in [5, 5.41) is 1.08. The second-order valence-electron chi connectivity index (χ2n) is 6.99. The maximum atomic E-state index is 12.2. The zero-order valence-corrected chi connectivity index (χ0v) is 17.2. The minimum atomic E-state index is -3.39. The first-order valence-electron chi connectivity index (χ1n) is 9.53. The van der Waals surface area contributed by atoms with Crippen LogP contribution >= 0.6 is 0 Å². The number of benzene rings is 3. The Morgan fingerprint density at radius 2 is 1.59 bits per heavy atom. The lowest BCUT2D eigenvalue weighted by atomic mass is 9.97. The Morgan fingerprint density at radius 1 is 0.862 bits per heavy atom. The Hall–Kier alpha value is -3.18. The van der Waals surface area contributed by atoms with E-state index in [0.29, 0.717) is 5.69 Å². The van der Waals surface area contributed by atoms with Gasteiger partial charge in [-0.2, -0.15) is 0 Å². The van der Waals surface area contributed by atoms with Gasteiger partial charge in [-0.25, -0.2) is 13.4 Å². The molecule has 0 radical (unpaired) electrons. The van der Waals surface area contributed by atoms with Crippen molar-refractivity contribution in [2.75, 3.05) is 10.5 Å². The van der Waals surface area contributed by atoms with E-state index < -0.39 is 10.0 Å². The number of rotatable bonds is 5. The van der Waals surface area contributed by atoms with E-state index in [-0.39, 0.29) is 5.75 Å². The van der Waals surface area contributed by atoms with Gasteiger partial charge in [-0.15, -0.1) is 0 Å². The van der Waals surface area contributed by atoms with Crippen LogP contribution in [0.1, 0.15) is 12.5 Å². The van der Waals surface area contributed by atoms with Gasteiger partial charge >= 0.3 is 0 Å². The summed E-state index contributed by atoms with van der Waals surface area (Å²) < 4.78 is 27.0. The molecule has 5 heteroatoms. The van der Waals surface area contributed by atoms with Gasteiger partial charge in [-0.1, -0.05) is 60.2 Å². The molecule has 0 aliphatic rings. The number of sulfonamides is 1. The molecule has 146 valence electrons. The third-order valence-electron chi connectivity index (χ3n) is 4.90. The lowest BCUT2D eigenvalue weighted by Gasteiger charge is -2.14. The molecular formula is C24H22N2O2S.